The number of primary amides is 1. The van der Waals surface area contributed by atoms with Crippen molar-refractivity contribution in [2.24, 2.45) is 11.7 Å². The van der Waals surface area contributed by atoms with Gasteiger partial charge in [0.2, 0.25) is 17.7 Å². The lowest BCUT2D eigenvalue weighted by atomic mass is 10.2. The SMILES string of the molecule is CNc1ncc([N+](=O)[O-])c(N(CC(N)=O)CC(C)C)n1. The van der Waals surface area contributed by atoms with Crippen LogP contribution in [0.5, 0.6) is 0 Å². The van der Waals surface area contributed by atoms with E-state index in [1.54, 1.807) is 7.05 Å². The summed E-state index contributed by atoms with van der Waals surface area (Å²) >= 11 is 0. The van der Waals surface area contributed by atoms with Crippen LogP contribution in [-0.4, -0.2) is 40.9 Å². The zero-order chi connectivity index (χ0) is 15.3. The first-order valence-electron chi connectivity index (χ1n) is 6.07. The van der Waals surface area contributed by atoms with Crippen LogP contribution in [0.15, 0.2) is 6.20 Å². The van der Waals surface area contributed by atoms with Crippen molar-refractivity contribution in [1.82, 2.24) is 9.97 Å². The molecule has 1 aromatic heterocycles. The molecule has 0 saturated heterocycles. The van der Waals surface area contributed by atoms with E-state index in [-0.39, 0.29) is 29.9 Å². The number of carbonyl (C=O) groups is 1. The van der Waals surface area contributed by atoms with Gasteiger partial charge in [-0.15, -0.1) is 0 Å². The molecule has 0 atom stereocenters. The van der Waals surface area contributed by atoms with Crippen LogP contribution in [-0.2, 0) is 4.79 Å². The maximum absolute atomic E-state index is 11.2. The summed E-state index contributed by atoms with van der Waals surface area (Å²) in [6.07, 6.45) is 1.11. The van der Waals surface area contributed by atoms with Crippen molar-refractivity contribution in [3.8, 4) is 0 Å². The van der Waals surface area contributed by atoms with Gasteiger partial charge in [-0.1, -0.05) is 13.8 Å². The highest BCUT2D eigenvalue weighted by atomic mass is 16.6. The first-order chi connectivity index (χ1) is 9.35. The van der Waals surface area contributed by atoms with E-state index in [4.69, 9.17) is 5.73 Å². The molecule has 0 fully saturated rings. The summed E-state index contributed by atoms with van der Waals surface area (Å²) in [4.78, 5) is 31.0. The largest absolute Gasteiger partial charge is 0.368 e. The molecule has 0 spiro atoms. The molecule has 0 aliphatic rings. The lowest BCUT2D eigenvalue weighted by Gasteiger charge is -2.23. The predicted molar refractivity (Wildman–Crippen MR) is 74.5 cm³/mol. The Morgan fingerprint density at radius 2 is 2.25 bits per heavy atom. The van der Waals surface area contributed by atoms with Crippen LogP contribution in [0, 0.1) is 16.0 Å². The molecule has 1 heterocycles. The fourth-order valence-electron chi connectivity index (χ4n) is 1.70. The molecule has 9 heteroatoms. The Morgan fingerprint density at radius 1 is 1.60 bits per heavy atom. The van der Waals surface area contributed by atoms with E-state index in [9.17, 15) is 14.9 Å². The first kappa shape index (κ1) is 15.6. The van der Waals surface area contributed by atoms with E-state index in [2.05, 4.69) is 15.3 Å². The monoisotopic (exact) mass is 282 g/mol. The molecule has 0 aromatic carbocycles. The van der Waals surface area contributed by atoms with Gasteiger partial charge in [0.25, 0.3) is 0 Å². The van der Waals surface area contributed by atoms with Gasteiger partial charge < -0.3 is 16.0 Å². The zero-order valence-corrected chi connectivity index (χ0v) is 11.7. The average Bonchev–Trinajstić information content (AvgIpc) is 2.36. The number of rotatable bonds is 7. The predicted octanol–water partition coefficient (Wildman–Crippen LogP) is 0.374. The Kier molecular flexibility index (Phi) is 5.18. The second-order valence-corrected chi connectivity index (χ2v) is 4.65. The Bertz CT molecular complexity index is 505. The summed E-state index contributed by atoms with van der Waals surface area (Å²) < 4.78 is 0. The van der Waals surface area contributed by atoms with Crippen molar-refractivity contribution in [1.29, 1.82) is 0 Å². The maximum atomic E-state index is 11.2. The van der Waals surface area contributed by atoms with Crippen molar-refractivity contribution < 1.29 is 9.72 Å². The Morgan fingerprint density at radius 3 is 2.70 bits per heavy atom. The van der Waals surface area contributed by atoms with Gasteiger partial charge in [-0.05, 0) is 5.92 Å². The third-order valence-corrected chi connectivity index (χ3v) is 2.40. The van der Waals surface area contributed by atoms with Crippen molar-refractivity contribution in [3.63, 3.8) is 0 Å². The van der Waals surface area contributed by atoms with E-state index in [0.717, 1.165) is 6.20 Å². The summed E-state index contributed by atoms with van der Waals surface area (Å²) in [5.74, 6) is -0.0720. The van der Waals surface area contributed by atoms with E-state index >= 15 is 0 Å². The Labute approximate surface area is 116 Å². The number of carbonyl (C=O) groups excluding carboxylic acids is 1. The highest BCUT2D eigenvalue weighted by Gasteiger charge is 2.24. The summed E-state index contributed by atoms with van der Waals surface area (Å²) in [5.41, 5.74) is 4.94. The number of nitrogens with one attached hydrogen (secondary N) is 1. The summed E-state index contributed by atoms with van der Waals surface area (Å²) in [7, 11) is 1.60. The van der Waals surface area contributed by atoms with E-state index < -0.39 is 10.8 Å². The van der Waals surface area contributed by atoms with Crippen molar-refractivity contribution in [3.05, 3.63) is 16.3 Å². The lowest BCUT2D eigenvalue weighted by molar-refractivity contribution is -0.384. The van der Waals surface area contributed by atoms with Crippen LogP contribution < -0.4 is 16.0 Å². The van der Waals surface area contributed by atoms with Crippen LogP contribution >= 0.6 is 0 Å². The number of hydrogen-bond acceptors (Lipinski definition) is 7. The minimum absolute atomic E-state index is 0.0850. The molecule has 20 heavy (non-hydrogen) atoms. The molecule has 9 nitrogen and oxygen atoms in total. The smallest absolute Gasteiger partial charge is 0.329 e. The molecule has 1 aromatic rings. The molecule has 0 bridgehead atoms. The van der Waals surface area contributed by atoms with Gasteiger partial charge in [-0.2, -0.15) is 4.98 Å². The molecule has 0 aliphatic heterocycles. The number of anilines is 2. The highest BCUT2D eigenvalue weighted by molar-refractivity contribution is 5.80. The van der Waals surface area contributed by atoms with Gasteiger partial charge >= 0.3 is 5.69 Å². The van der Waals surface area contributed by atoms with Gasteiger partial charge in [0, 0.05) is 13.6 Å². The molecular formula is C11H18N6O3. The van der Waals surface area contributed by atoms with Crippen molar-refractivity contribution >= 4 is 23.4 Å². The summed E-state index contributed by atoms with van der Waals surface area (Å²) in [6, 6.07) is 0. The lowest BCUT2D eigenvalue weighted by Crippen LogP contribution is -2.37. The number of aromatic nitrogens is 2. The molecule has 1 rings (SSSR count). The molecule has 110 valence electrons. The van der Waals surface area contributed by atoms with Gasteiger partial charge in [0.15, 0.2) is 0 Å². The standard InChI is InChI=1S/C11H18N6O3/c1-7(2)5-16(6-9(12)18)10-8(17(19)20)4-14-11(13-3)15-10/h4,7H,5-6H2,1-3H3,(H2,12,18)(H,13,14,15). The number of amides is 1. The maximum Gasteiger partial charge on any atom is 0.329 e. The van der Waals surface area contributed by atoms with Crippen LogP contribution in [0.3, 0.4) is 0 Å². The van der Waals surface area contributed by atoms with Crippen molar-refractivity contribution in [2.45, 2.75) is 13.8 Å². The molecule has 0 radical (unpaired) electrons. The molecule has 1 amide bonds. The normalized spacial score (nSPS) is 10.4. The van der Waals surface area contributed by atoms with E-state index in [0.29, 0.717) is 6.54 Å². The minimum atomic E-state index is -0.580. The molecule has 0 saturated carbocycles. The second kappa shape index (κ2) is 6.64. The fraction of sp³-hybridized carbons (Fsp3) is 0.545. The molecular weight excluding hydrogens is 264 g/mol. The first-order valence-corrected chi connectivity index (χ1v) is 6.07. The van der Waals surface area contributed by atoms with Gasteiger partial charge in [-0.25, -0.2) is 4.98 Å². The van der Waals surface area contributed by atoms with E-state index in [1.165, 1.54) is 4.90 Å². The zero-order valence-electron chi connectivity index (χ0n) is 11.7. The van der Waals surface area contributed by atoms with Crippen LogP contribution in [0.25, 0.3) is 0 Å². The van der Waals surface area contributed by atoms with E-state index in [1.807, 2.05) is 13.8 Å². The van der Waals surface area contributed by atoms with Crippen LogP contribution in [0.2, 0.25) is 0 Å². The summed E-state index contributed by atoms with van der Waals surface area (Å²) in [6.45, 7) is 4.14. The second-order valence-electron chi connectivity index (χ2n) is 4.65. The number of nitrogens with two attached hydrogens (primary N) is 1. The van der Waals surface area contributed by atoms with Gasteiger partial charge in [0.1, 0.15) is 6.20 Å². The topological polar surface area (TPSA) is 127 Å². The minimum Gasteiger partial charge on any atom is -0.368 e. The number of hydrogen-bond donors (Lipinski definition) is 2. The number of nitro groups is 1. The quantitative estimate of drug-likeness (QED) is 0.546. The third-order valence-electron chi connectivity index (χ3n) is 2.40. The van der Waals surface area contributed by atoms with Crippen molar-refractivity contribution in [2.75, 3.05) is 30.4 Å². The van der Waals surface area contributed by atoms with Crippen LogP contribution in [0.4, 0.5) is 17.5 Å². The Balaban J connectivity index is 3.27. The number of nitrogens with zero attached hydrogens (tertiary/aromatic N) is 4. The Hall–Kier alpha value is -2.45. The van der Waals surface area contributed by atoms with Gasteiger partial charge in [0.05, 0.1) is 11.5 Å². The molecule has 0 unspecified atom stereocenters. The summed E-state index contributed by atoms with van der Waals surface area (Å²) in [5, 5.41) is 13.8. The third kappa shape index (κ3) is 4.04. The average molecular weight is 282 g/mol. The van der Waals surface area contributed by atoms with Gasteiger partial charge in [-0.3, -0.25) is 14.9 Å². The molecule has 0 aliphatic carbocycles. The fourth-order valence-corrected chi connectivity index (χ4v) is 1.70. The highest BCUT2D eigenvalue weighted by Crippen LogP contribution is 2.26. The van der Waals surface area contributed by atoms with Crippen LogP contribution in [0.1, 0.15) is 13.8 Å². The molecule has 3 N–H and O–H groups in total.